The number of alkyl carbamates (subject to hydrolysis) is 1. The fourth-order valence-corrected chi connectivity index (χ4v) is 3.52. The lowest BCUT2D eigenvalue weighted by atomic mass is 10.1. The average molecular weight is 434 g/mol. The normalized spacial score (nSPS) is 14.8. The van der Waals surface area contributed by atoms with Gasteiger partial charge in [0, 0.05) is 18.7 Å². The Kier molecular flexibility index (Phi) is 9.30. The molecule has 0 unspecified atom stereocenters. The molecule has 0 spiro atoms. The number of hydrogen-bond donors (Lipinski definition) is 3. The van der Waals surface area contributed by atoms with Crippen molar-refractivity contribution in [1.82, 2.24) is 10.2 Å². The van der Waals surface area contributed by atoms with Crippen LogP contribution in [0.2, 0.25) is 0 Å². The van der Waals surface area contributed by atoms with E-state index in [-0.39, 0.29) is 11.8 Å². The fourth-order valence-electron chi connectivity index (χ4n) is 3.52. The predicted octanol–water partition coefficient (Wildman–Crippen LogP) is 1.22. The minimum absolute atomic E-state index is 0.00361. The van der Waals surface area contributed by atoms with Crippen LogP contribution in [0.5, 0.6) is 0 Å². The summed E-state index contributed by atoms with van der Waals surface area (Å²) in [5.41, 5.74) is 1.48. The fraction of sp³-hybridized carbons (Fsp3) is 0.609. The maximum absolute atomic E-state index is 12.4. The van der Waals surface area contributed by atoms with Gasteiger partial charge < -0.3 is 25.2 Å². The number of piperazine rings is 1. The van der Waals surface area contributed by atoms with Gasteiger partial charge in [-0.3, -0.25) is 9.59 Å². The summed E-state index contributed by atoms with van der Waals surface area (Å²) in [6.45, 7) is 11.1. The number of ether oxygens (including phenoxy) is 1. The van der Waals surface area contributed by atoms with Gasteiger partial charge in [0.2, 0.25) is 5.91 Å². The van der Waals surface area contributed by atoms with Gasteiger partial charge in [-0.15, -0.1) is 0 Å². The number of amides is 3. The summed E-state index contributed by atoms with van der Waals surface area (Å²) >= 11 is 0. The van der Waals surface area contributed by atoms with Gasteiger partial charge in [0.1, 0.15) is 5.60 Å². The highest BCUT2D eigenvalue weighted by atomic mass is 16.6. The average Bonchev–Trinajstić information content (AvgIpc) is 2.70. The minimum atomic E-state index is -0.530. The van der Waals surface area contributed by atoms with Crippen LogP contribution in [0.4, 0.5) is 10.5 Å². The quantitative estimate of drug-likeness (QED) is 0.538. The van der Waals surface area contributed by atoms with Gasteiger partial charge >= 0.3 is 6.09 Å². The highest BCUT2D eigenvalue weighted by molar-refractivity contribution is 5.92. The molecular weight excluding hydrogens is 396 g/mol. The highest BCUT2D eigenvalue weighted by Gasteiger charge is 2.25. The molecule has 1 aliphatic heterocycles. The van der Waals surface area contributed by atoms with Crippen molar-refractivity contribution in [1.29, 1.82) is 0 Å². The number of rotatable bonds is 8. The number of quaternary nitrogens is 1. The van der Waals surface area contributed by atoms with Crippen molar-refractivity contribution in [3.8, 4) is 0 Å². The standard InChI is InChI=1S/C23H36N4O4/c1-5-18-9-6-7-10-19(18)25-20(28)17-26-13-15-27(16-14-26)21(29)11-8-12-24-22(30)31-23(2,3)4/h6-7,9-10H,5,8,11-17H2,1-4H3,(H,24,30)(H,25,28)/p+1. The highest BCUT2D eigenvalue weighted by Crippen LogP contribution is 2.14. The molecule has 8 nitrogen and oxygen atoms in total. The lowest BCUT2D eigenvalue weighted by Gasteiger charge is -2.32. The molecule has 0 saturated carbocycles. The molecule has 8 heteroatoms. The van der Waals surface area contributed by atoms with Gasteiger partial charge in [-0.1, -0.05) is 25.1 Å². The first kappa shape index (κ1) is 24.7. The van der Waals surface area contributed by atoms with Crippen molar-refractivity contribution in [3.05, 3.63) is 29.8 Å². The van der Waals surface area contributed by atoms with E-state index in [2.05, 4.69) is 17.6 Å². The molecule has 1 aromatic rings. The second-order valence-corrected chi connectivity index (χ2v) is 8.90. The first-order valence-electron chi connectivity index (χ1n) is 11.1. The Balaban J connectivity index is 1.64. The van der Waals surface area contributed by atoms with Crippen molar-refractivity contribution >= 4 is 23.6 Å². The molecule has 1 aliphatic rings. The van der Waals surface area contributed by atoms with Gasteiger partial charge in [-0.2, -0.15) is 0 Å². The Bertz CT molecular complexity index is 752. The molecule has 0 radical (unpaired) electrons. The largest absolute Gasteiger partial charge is 0.444 e. The molecule has 172 valence electrons. The van der Waals surface area contributed by atoms with E-state index >= 15 is 0 Å². The van der Waals surface area contributed by atoms with Crippen LogP contribution in [-0.4, -0.2) is 67.7 Å². The first-order chi connectivity index (χ1) is 14.7. The molecule has 0 aliphatic carbocycles. The number of aryl methyl sites for hydroxylation is 1. The van der Waals surface area contributed by atoms with E-state index in [0.29, 0.717) is 39.0 Å². The van der Waals surface area contributed by atoms with Gasteiger partial charge in [0.25, 0.3) is 5.91 Å². The van der Waals surface area contributed by atoms with Gasteiger partial charge in [-0.05, 0) is 45.2 Å². The number of nitrogens with one attached hydrogen (secondary N) is 3. The van der Waals surface area contributed by atoms with Crippen molar-refractivity contribution in [3.63, 3.8) is 0 Å². The van der Waals surface area contributed by atoms with E-state index in [0.717, 1.165) is 30.8 Å². The minimum Gasteiger partial charge on any atom is -0.444 e. The topological polar surface area (TPSA) is 92.2 Å². The van der Waals surface area contributed by atoms with Crippen molar-refractivity contribution in [2.24, 2.45) is 0 Å². The summed E-state index contributed by atoms with van der Waals surface area (Å²) in [4.78, 5) is 39.5. The first-order valence-corrected chi connectivity index (χ1v) is 11.1. The Morgan fingerprint density at radius 3 is 2.45 bits per heavy atom. The summed E-state index contributed by atoms with van der Waals surface area (Å²) in [6.07, 6.45) is 1.37. The lowest BCUT2D eigenvalue weighted by Crippen LogP contribution is -3.15. The molecule has 31 heavy (non-hydrogen) atoms. The molecule has 0 bridgehead atoms. The second kappa shape index (κ2) is 11.7. The number of carbonyl (C=O) groups is 3. The zero-order chi connectivity index (χ0) is 22.9. The van der Waals surface area contributed by atoms with Crippen LogP contribution in [-0.2, 0) is 20.7 Å². The summed E-state index contributed by atoms with van der Waals surface area (Å²) < 4.78 is 5.17. The molecule has 1 heterocycles. The summed E-state index contributed by atoms with van der Waals surface area (Å²) in [6, 6.07) is 7.86. The lowest BCUT2D eigenvalue weighted by molar-refractivity contribution is -0.895. The van der Waals surface area contributed by atoms with Crippen molar-refractivity contribution in [2.45, 2.75) is 52.6 Å². The predicted molar refractivity (Wildman–Crippen MR) is 120 cm³/mol. The Hall–Kier alpha value is -2.61. The SMILES string of the molecule is CCc1ccccc1NC(=O)C[NH+]1CCN(C(=O)CCCNC(=O)OC(C)(C)C)CC1. The van der Waals surface area contributed by atoms with Crippen molar-refractivity contribution < 1.29 is 24.0 Å². The third-order valence-corrected chi connectivity index (χ3v) is 5.14. The zero-order valence-electron chi connectivity index (χ0n) is 19.3. The number of anilines is 1. The number of hydrogen-bond acceptors (Lipinski definition) is 4. The molecule has 3 N–H and O–H groups in total. The Morgan fingerprint density at radius 1 is 1.13 bits per heavy atom. The van der Waals surface area contributed by atoms with E-state index in [4.69, 9.17) is 4.74 Å². The van der Waals surface area contributed by atoms with Gasteiger partial charge in [-0.25, -0.2) is 4.79 Å². The van der Waals surface area contributed by atoms with Crippen molar-refractivity contribution in [2.75, 3.05) is 44.6 Å². The Morgan fingerprint density at radius 2 is 1.81 bits per heavy atom. The van der Waals surface area contributed by atoms with E-state index in [1.54, 1.807) is 0 Å². The summed E-state index contributed by atoms with van der Waals surface area (Å²) in [5.74, 6) is 0.0928. The molecular formula is C23H37N4O4+. The molecule has 0 atom stereocenters. The number of nitrogens with zero attached hydrogens (tertiary/aromatic N) is 1. The molecule has 3 amide bonds. The van der Waals surface area contributed by atoms with Crippen LogP contribution in [0.3, 0.4) is 0 Å². The maximum Gasteiger partial charge on any atom is 0.407 e. The molecule has 1 fully saturated rings. The number of benzene rings is 1. The monoisotopic (exact) mass is 433 g/mol. The van der Waals surface area contributed by atoms with E-state index in [9.17, 15) is 14.4 Å². The smallest absolute Gasteiger partial charge is 0.407 e. The molecule has 0 aromatic heterocycles. The summed E-state index contributed by atoms with van der Waals surface area (Å²) in [7, 11) is 0. The van der Waals surface area contributed by atoms with E-state index < -0.39 is 11.7 Å². The summed E-state index contributed by atoms with van der Waals surface area (Å²) in [5, 5.41) is 5.69. The molecule has 1 aromatic carbocycles. The Labute approximate surface area is 185 Å². The van der Waals surface area contributed by atoms with Crippen LogP contribution >= 0.6 is 0 Å². The van der Waals surface area contributed by atoms with E-state index in [1.807, 2.05) is 49.9 Å². The van der Waals surface area contributed by atoms with E-state index in [1.165, 1.54) is 4.90 Å². The number of carbonyl (C=O) groups excluding carboxylic acids is 3. The number of para-hydroxylation sites is 1. The molecule has 1 saturated heterocycles. The van der Waals surface area contributed by atoms with Crippen LogP contribution < -0.4 is 15.5 Å². The maximum atomic E-state index is 12.4. The van der Waals surface area contributed by atoms with Crippen LogP contribution in [0.15, 0.2) is 24.3 Å². The van der Waals surface area contributed by atoms with Crippen LogP contribution in [0.25, 0.3) is 0 Å². The molecule has 2 rings (SSSR count). The third-order valence-electron chi connectivity index (χ3n) is 5.14. The third kappa shape index (κ3) is 8.96. The second-order valence-electron chi connectivity index (χ2n) is 8.90. The zero-order valence-corrected chi connectivity index (χ0v) is 19.3. The van der Waals surface area contributed by atoms with Crippen LogP contribution in [0.1, 0.15) is 46.1 Å². The van der Waals surface area contributed by atoms with Crippen LogP contribution in [0, 0.1) is 0 Å². The van der Waals surface area contributed by atoms with Gasteiger partial charge in [0.15, 0.2) is 6.54 Å². The van der Waals surface area contributed by atoms with Gasteiger partial charge in [0.05, 0.1) is 26.2 Å².